The Hall–Kier alpha value is -2.22. The van der Waals surface area contributed by atoms with E-state index in [2.05, 4.69) is 25.6 Å². The molecule has 1 atom stereocenters. The Morgan fingerprint density at radius 3 is 2.86 bits per heavy atom. The van der Waals surface area contributed by atoms with E-state index >= 15 is 0 Å². The maximum Gasteiger partial charge on any atom is 0.152 e. The van der Waals surface area contributed by atoms with Crippen LogP contribution in [0.4, 0.5) is 11.6 Å². The lowest BCUT2D eigenvalue weighted by Crippen LogP contribution is -2.21. The van der Waals surface area contributed by atoms with Crippen LogP contribution < -0.4 is 10.6 Å². The topological polar surface area (TPSA) is 96.9 Å². The number of nitrogens with zero attached hydrogens (tertiary/aromatic N) is 3. The standard InChI is InChI=1S/C14H17N5O2S/c20-22(21)5-3-12(9-22)19-14-6-13(17-10-18-14)16-8-11-2-1-4-15-7-11/h1-2,4,6-7,10,12H,3,5,8-9H2,(H2,16,17,18,19). The molecule has 1 fully saturated rings. The van der Waals surface area contributed by atoms with Crippen LogP contribution in [0.2, 0.25) is 0 Å². The number of nitrogens with one attached hydrogen (secondary N) is 2. The summed E-state index contributed by atoms with van der Waals surface area (Å²) in [5.74, 6) is 1.71. The van der Waals surface area contributed by atoms with Crippen LogP contribution in [-0.2, 0) is 16.4 Å². The Kier molecular flexibility index (Phi) is 4.19. The van der Waals surface area contributed by atoms with E-state index in [1.807, 2.05) is 12.1 Å². The molecule has 1 aliphatic rings. The summed E-state index contributed by atoms with van der Waals surface area (Å²) in [6, 6.07) is 5.56. The molecule has 0 saturated carbocycles. The molecule has 2 N–H and O–H groups in total. The van der Waals surface area contributed by atoms with E-state index in [1.54, 1.807) is 18.5 Å². The molecule has 3 heterocycles. The minimum absolute atomic E-state index is 0.0777. The number of sulfone groups is 1. The number of aromatic nitrogens is 3. The highest BCUT2D eigenvalue weighted by Crippen LogP contribution is 2.17. The van der Waals surface area contributed by atoms with E-state index in [0.29, 0.717) is 24.6 Å². The third-order valence-electron chi connectivity index (χ3n) is 3.45. The zero-order valence-corrected chi connectivity index (χ0v) is 12.8. The molecule has 116 valence electrons. The van der Waals surface area contributed by atoms with E-state index in [0.717, 1.165) is 5.56 Å². The third kappa shape index (κ3) is 3.91. The van der Waals surface area contributed by atoms with Crippen LogP contribution in [0.25, 0.3) is 0 Å². The summed E-state index contributed by atoms with van der Waals surface area (Å²) in [6.45, 7) is 0.613. The van der Waals surface area contributed by atoms with Crippen LogP contribution in [0.5, 0.6) is 0 Å². The molecule has 1 saturated heterocycles. The molecule has 1 aliphatic heterocycles. The Labute approximate surface area is 129 Å². The van der Waals surface area contributed by atoms with Crippen molar-refractivity contribution in [1.82, 2.24) is 15.0 Å². The monoisotopic (exact) mass is 319 g/mol. The lowest BCUT2D eigenvalue weighted by molar-refractivity contribution is 0.602. The predicted molar refractivity (Wildman–Crippen MR) is 84.3 cm³/mol. The summed E-state index contributed by atoms with van der Waals surface area (Å²) >= 11 is 0. The van der Waals surface area contributed by atoms with Gasteiger partial charge in [-0.1, -0.05) is 6.07 Å². The van der Waals surface area contributed by atoms with Gasteiger partial charge in [-0.05, 0) is 18.1 Å². The highest BCUT2D eigenvalue weighted by Gasteiger charge is 2.27. The van der Waals surface area contributed by atoms with Crippen molar-refractivity contribution in [3.8, 4) is 0 Å². The quantitative estimate of drug-likeness (QED) is 0.851. The molecule has 0 spiro atoms. The van der Waals surface area contributed by atoms with Gasteiger partial charge in [0.15, 0.2) is 9.84 Å². The minimum Gasteiger partial charge on any atom is -0.366 e. The molecule has 0 amide bonds. The fourth-order valence-corrected chi connectivity index (χ4v) is 4.02. The van der Waals surface area contributed by atoms with E-state index in [9.17, 15) is 8.42 Å². The molecule has 7 nitrogen and oxygen atoms in total. The number of rotatable bonds is 5. The van der Waals surface area contributed by atoms with Gasteiger partial charge >= 0.3 is 0 Å². The summed E-state index contributed by atoms with van der Waals surface area (Å²) in [6.07, 6.45) is 5.59. The van der Waals surface area contributed by atoms with E-state index < -0.39 is 9.84 Å². The average Bonchev–Trinajstić information content (AvgIpc) is 2.85. The van der Waals surface area contributed by atoms with E-state index in [4.69, 9.17) is 0 Å². The summed E-state index contributed by atoms with van der Waals surface area (Å²) in [4.78, 5) is 12.3. The minimum atomic E-state index is -2.90. The Balaban J connectivity index is 1.60. The largest absolute Gasteiger partial charge is 0.366 e. The van der Waals surface area contributed by atoms with Crippen molar-refractivity contribution < 1.29 is 8.42 Å². The zero-order chi connectivity index (χ0) is 15.4. The van der Waals surface area contributed by atoms with Gasteiger partial charge in [0.2, 0.25) is 0 Å². The summed E-state index contributed by atoms with van der Waals surface area (Å²) in [5.41, 5.74) is 1.05. The van der Waals surface area contributed by atoms with E-state index in [1.165, 1.54) is 6.33 Å². The third-order valence-corrected chi connectivity index (χ3v) is 5.22. The molecule has 22 heavy (non-hydrogen) atoms. The molecule has 2 aromatic heterocycles. The van der Waals surface area contributed by atoms with Crippen molar-refractivity contribution in [3.63, 3.8) is 0 Å². The molecule has 0 aliphatic carbocycles. The zero-order valence-electron chi connectivity index (χ0n) is 11.9. The molecule has 1 unspecified atom stereocenters. The summed E-state index contributed by atoms with van der Waals surface area (Å²) in [7, 11) is -2.90. The SMILES string of the molecule is O=S1(=O)CCC(Nc2cc(NCc3cccnc3)ncn2)C1. The van der Waals surface area contributed by atoms with Gasteiger partial charge in [0.1, 0.15) is 18.0 Å². The average molecular weight is 319 g/mol. The maximum absolute atomic E-state index is 11.5. The van der Waals surface area contributed by atoms with Crippen molar-refractivity contribution >= 4 is 21.5 Å². The second kappa shape index (κ2) is 6.27. The van der Waals surface area contributed by atoms with Crippen LogP contribution in [0.1, 0.15) is 12.0 Å². The smallest absolute Gasteiger partial charge is 0.152 e. The first-order valence-corrected chi connectivity index (χ1v) is 8.85. The number of pyridine rings is 1. The van der Waals surface area contributed by atoms with Crippen molar-refractivity contribution in [1.29, 1.82) is 0 Å². The molecule has 0 radical (unpaired) electrons. The van der Waals surface area contributed by atoms with E-state index in [-0.39, 0.29) is 17.5 Å². The van der Waals surface area contributed by atoms with Gasteiger partial charge in [0, 0.05) is 31.0 Å². The first-order valence-electron chi connectivity index (χ1n) is 7.02. The van der Waals surface area contributed by atoms with Crippen LogP contribution in [-0.4, -0.2) is 40.9 Å². The van der Waals surface area contributed by atoms with Crippen molar-refractivity contribution in [2.75, 3.05) is 22.1 Å². The number of anilines is 2. The van der Waals surface area contributed by atoms with Crippen LogP contribution in [0.15, 0.2) is 36.9 Å². The summed E-state index contributed by atoms with van der Waals surface area (Å²) in [5, 5.41) is 6.35. The van der Waals surface area contributed by atoms with Gasteiger partial charge < -0.3 is 10.6 Å². The Morgan fingerprint density at radius 1 is 1.27 bits per heavy atom. The van der Waals surface area contributed by atoms with Gasteiger partial charge in [-0.15, -0.1) is 0 Å². The lowest BCUT2D eigenvalue weighted by atomic mass is 10.2. The van der Waals surface area contributed by atoms with Crippen LogP contribution in [0, 0.1) is 0 Å². The first kappa shape index (κ1) is 14.7. The maximum atomic E-state index is 11.5. The fourth-order valence-electron chi connectivity index (χ4n) is 2.35. The second-order valence-electron chi connectivity index (χ2n) is 5.25. The highest BCUT2D eigenvalue weighted by molar-refractivity contribution is 7.91. The van der Waals surface area contributed by atoms with Gasteiger partial charge in [-0.25, -0.2) is 18.4 Å². The normalized spacial score (nSPS) is 19.7. The van der Waals surface area contributed by atoms with Gasteiger partial charge in [0.25, 0.3) is 0 Å². The molecule has 2 aromatic rings. The van der Waals surface area contributed by atoms with Crippen LogP contribution >= 0.6 is 0 Å². The lowest BCUT2D eigenvalue weighted by Gasteiger charge is -2.12. The highest BCUT2D eigenvalue weighted by atomic mass is 32.2. The molecule has 8 heteroatoms. The first-order chi connectivity index (χ1) is 10.6. The van der Waals surface area contributed by atoms with Gasteiger partial charge in [-0.2, -0.15) is 0 Å². The van der Waals surface area contributed by atoms with Crippen molar-refractivity contribution in [3.05, 3.63) is 42.5 Å². The van der Waals surface area contributed by atoms with Gasteiger partial charge in [-0.3, -0.25) is 4.98 Å². The van der Waals surface area contributed by atoms with Gasteiger partial charge in [0.05, 0.1) is 11.5 Å². The molecule has 0 aromatic carbocycles. The Morgan fingerprint density at radius 2 is 2.14 bits per heavy atom. The van der Waals surface area contributed by atoms with Crippen LogP contribution in [0.3, 0.4) is 0 Å². The molecular formula is C14H17N5O2S. The van der Waals surface area contributed by atoms with Crippen molar-refractivity contribution in [2.24, 2.45) is 0 Å². The Bertz CT molecular complexity index is 736. The molecular weight excluding hydrogens is 302 g/mol. The fraction of sp³-hybridized carbons (Fsp3) is 0.357. The molecule has 3 rings (SSSR count). The summed E-state index contributed by atoms with van der Waals surface area (Å²) < 4.78 is 22.9. The van der Waals surface area contributed by atoms with Crippen molar-refractivity contribution in [2.45, 2.75) is 19.0 Å². The predicted octanol–water partition coefficient (Wildman–Crippen LogP) is 1.08. The number of hydrogen-bond donors (Lipinski definition) is 2. The molecule has 0 bridgehead atoms. The second-order valence-corrected chi connectivity index (χ2v) is 7.48. The number of hydrogen-bond acceptors (Lipinski definition) is 7.